The predicted octanol–water partition coefficient (Wildman–Crippen LogP) is -3.45. The number of nitrogens with zero attached hydrogens (tertiary/aromatic N) is 2. The largest absolute Gasteiger partial charge is 0.508 e. The smallest absolute Gasteiger partial charge is 0.326 e. The van der Waals surface area contributed by atoms with Gasteiger partial charge >= 0.3 is 11.9 Å². The third kappa shape index (κ3) is 23.7. The van der Waals surface area contributed by atoms with Crippen LogP contribution in [0.3, 0.4) is 0 Å². The average Bonchev–Trinajstić information content (AvgIpc) is 4.10. The van der Waals surface area contributed by atoms with Gasteiger partial charge in [0.2, 0.25) is 53.2 Å². The van der Waals surface area contributed by atoms with E-state index in [4.69, 9.17) is 22.9 Å². The summed E-state index contributed by atoms with van der Waals surface area (Å²) < 4.78 is 0. The monoisotopic (exact) mass is 1230 g/mol. The number of carboxylic acid groups (broad SMARTS) is 2. The molecule has 4 rings (SSSR count). The van der Waals surface area contributed by atoms with Gasteiger partial charge in [0.25, 0.3) is 0 Å². The average molecular weight is 1230 g/mol. The van der Waals surface area contributed by atoms with Crippen molar-refractivity contribution in [3.05, 3.63) is 65.7 Å². The fourth-order valence-electron chi connectivity index (χ4n) is 9.11. The maximum Gasteiger partial charge on any atom is 0.326 e. The Hall–Kier alpha value is -7.74. The Morgan fingerprint density at radius 1 is 0.718 bits per heavy atom. The minimum atomic E-state index is -1.90. The van der Waals surface area contributed by atoms with Crippen molar-refractivity contribution in [3.8, 4) is 5.75 Å². The number of nitrogens with two attached hydrogens (primary N) is 4. The van der Waals surface area contributed by atoms with Crippen LogP contribution in [0.15, 0.2) is 59.6 Å². The van der Waals surface area contributed by atoms with Crippen molar-refractivity contribution in [1.29, 1.82) is 0 Å². The Bertz CT molecular complexity index is 2650. The maximum absolute atomic E-state index is 14.6. The summed E-state index contributed by atoms with van der Waals surface area (Å²) >= 11 is 0. The highest BCUT2D eigenvalue weighted by atomic mass is 33.1. The fourth-order valence-corrected chi connectivity index (χ4v) is 11.4. The van der Waals surface area contributed by atoms with Gasteiger partial charge in [-0.25, -0.2) is 4.79 Å². The first-order valence-electron chi connectivity index (χ1n) is 27.8. The second kappa shape index (κ2) is 35.5. The molecule has 29 nitrogen and oxygen atoms in total. The van der Waals surface area contributed by atoms with Crippen LogP contribution in [0.25, 0.3) is 0 Å². The van der Waals surface area contributed by atoms with Crippen molar-refractivity contribution < 1.29 is 73.2 Å². The van der Waals surface area contributed by atoms with Gasteiger partial charge in [-0.1, -0.05) is 77.9 Å². The number of aliphatic carboxylic acids is 2. The zero-order valence-corrected chi connectivity index (χ0v) is 49.0. The van der Waals surface area contributed by atoms with Crippen LogP contribution >= 0.6 is 21.6 Å². The molecule has 0 aliphatic carbocycles. The van der Waals surface area contributed by atoms with Crippen LogP contribution in [0.1, 0.15) is 82.8 Å². The van der Waals surface area contributed by atoms with E-state index in [-0.39, 0.29) is 100 Å². The van der Waals surface area contributed by atoms with E-state index in [1.54, 1.807) is 56.3 Å². The lowest BCUT2D eigenvalue weighted by Gasteiger charge is -2.32. The number of aliphatic imine (C=N–C) groups is 1. The molecule has 0 bridgehead atoms. The number of benzene rings is 2. The summed E-state index contributed by atoms with van der Waals surface area (Å²) in [6.45, 7) is 2.97. The number of nitrogens with one attached hydrogen (secondary N) is 8. The molecule has 2 heterocycles. The van der Waals surface area contributed by atoms with Crippen LogP contribution in [0.5, 0.6) is 5.75 Å². The molecular weight excluding hydrogens is 1150 g/mol. The maximum atomic E-state index is 14.6. The molecule has 0 unspecified atom stereocenters. The summed E-state index contributed by atoms with van der Waals surface area (Å²) in [5.41, 5.74) is 23.8. The van der Waals surface area contributed by atoms with Gasteiger partial charge in [0.1, 0.15) is 60.1 Å². The SMILES string of the molecule is CC(C)C[C@@H]1NC(=O)[C@@H]2CCCN2C(=O)[C@@H](NC(=O)[C@H](CC(=O)O)NC(=O)[C@H](CCCCN)NC(=O)[C@H](Cc2ccccc2)NC(=O)[C@H](CO)NC(=O)[C@@H](N)Cc2ccc(O)cc2)CSSC[C@@H](C(=O)N[C@@H](CCCN=C(N)N)C(=O)O)NC1=O. The van der Waals surface area contributed by atoms with Gasteiger partial charge in [-0.2, -0.15) is 0 Å². The first kappa shape index (κ1) is 69.8. The number of unbranched alkanes of at least 4 members (excludes halogenated alkanes) is 1. The normalized spacial score (nSPS) is 19.6. The van der Waals surface area contributed by atoms with E-state index in [1.807, 2.05) is 0 Å². The lowest BCUT2D eigenvalue weighted by molar-refractivity contribution is -0.143. The van der Waals surface area contributed by atoms with E-state index in [0.29, 0.717) is 24.0 Å². The molecule has 2 aromatic rings. The van der Waals surface area contributed by atoms with Crippen LogP contribution in [-0.4, -0.2) is 195 Å². The molecule has 20 N–H and O–H groups in total. The number of carboxylic acids is 2. The molecular formula is C54H80N14O15S2. The van der Waals surface area contributed by atoms with Crippen LogP contribution in [0, 0.1) is 5.92 Å². The van der Waals surface area contributed by atoms with E-state index in [1.165, 1.54) is 17.0 Å². The molecule has 2 aromatic carbocycles. The van der Waals surface area contributed by atoms with E-state index < -0.39 is 139 Å². The number of guanidine groups is 1. The molecule has 2 saturated heterocycles. The number of phenolic OH excluding ortho intramolecular Hbond substituents is 1. The second-order valence-corrected chi connectivity index (χ2v) is 23.4. The van der Waals surface area contributed by atoms with Gasteiger partial charge in [0.15, 0.2) is 5.96 Å². The molecule has 10 atom stereocenters. The molecule has 85 heavy (non-hydrogen) atoms. The van der Waals surface area contributed by atoms with Crippen molar-refractivity contribution in [2.75, 3.05) is 37.7 Å². The number of hydrogen-bond donors (Lipinski definition) is 16. The summed E-state index contributed by atoms with van der Waals surface area (Å²) in [7, 11) is 1.92. The zero-order chi connectivity index (χ0) is 62.8. The third-order valence-corrected chi connectivity index (χ3v) is 16.0. The lowest BCUT2D eigenvalue weighted by atomic mass is 10.0. The number of amides is 9. The number of carbonyl (C=O) groups is 11. The van der Waals surface area contributed by atoms with Crippen molar-refractivity contribution in [2.45, 2.75) is 145 Å². The Labute approximate surface area is 499 Å². The van der Waals surface area contributed by atoms with Gasteiger partial charge in [-0.05, 0) is 93.5 Å². The predicted molar refractivity (Wildman–Crippen MR) is 314 cm³/mol. The molecule has 2 aliphatic heterocycles. The number of aromatic hydroxyl groups is 1. The minimum absolute atomic E-state index is 0.00119. The molecule has 468 valence electrons. The highest BCUT2D eigenvalue weighted by Crippen LogP contribution is 2.27. The van der Waals surface area contributed by atoms with E-state index in [2.05, 4.69) is 47.5 Å². The summed E-state index contributed by atoms with van der Waals surface area (Å²) in [5, 5.41) is 60.2. The van der Waals surface area contributed by atoms with Crippen molar-refractivity contribution in [1.82, 2.24) is 47.4 Å². The zero-order valence-electron chi connectivity index (χ0n) is 47.4. The number of phenols is 1. The highest BCUT2D eigenvalue weighted by molar-refractivity contribution is 8.76. The Balaban J connectivity index is 1.59. The van der Waals surface area contributed by atoms with Crippen molar-refractivity contribution in [2.24, 2.45) is 33.8 Å². The molecule has 0 aromatic heterocycles. The number of hydrogen-bond acceptors (Lipinski definition) is 18. The number of aliphatic hydroxyl groups excluding tert-OH is 1. The van der Waals surface area contributed by atoms with Gasteiger partial charge in [0.05, 0.1) is 19.1 Å². The quantitative estimate of drug-likeness (QED) is 0.0157. The first-order valence-corrected chi connectivity index (χ1v) is 30.3. The first-order chi connectivity index (χ1) is 40.4. The Morgan fingerprint density at radius 3 is 1.96 bits per heavy atom. The van der Waals surface area contributed by atoms with Crippen LogP contribution in [0.4, 0.5) is 0 Å². The van der Waals surface area contributed by atoms with Gasteiger partial charge in [-0.3, -0.25) is 52.9 Å². The molecule has 0 saturated carbocycles. The highest BCUT2D eigenvalue weighted by Gasteiger charge is 2.41. The molecule has 2 aliphatic rings. The third-order valence-electron chi connectivity index (χ3n) is 13.6. The Morgan fingerprint density at radius 2 is 1.33 bits per heavy atom. The van der Waals surface area contributed by atoms with Crippen LogP contribution in [-0.2, 0) is 65.6 Å². The standard InChI is InChI=1S/C54H80N14O15S2/c1-29(2)22-36-46(75)66-40(50(79)61-35(53(82)83)13-8-20-59-54(57)58)27-84-85-28-41(52(81)68-21-9-14-42(68)51(80)64-36)67-48(77)38(25-43(71)72)63-45(74)34(12-6-7-19-55)60-47(76)37(24-30-10-4-3-5-11-30)62-49(78)39(26-69)65-44(73)33(56)23-31-15-17-32(70)18-16-31/h3-5,10-11,15-18,29,33-42,69-70H,6-9,12-14,19-28,55-56H2,1-2H3,(H,60,76)(H,61,79)(H,62,78)(H,63,74)(H,64,80)(H,65,73)(H,66,75)(H,67,77)(H,71,72)(H,82,83)(H4,57,58,59)/t33-,34-,35-,36-,37-,38-,39-,40-,41-,42-/m0/s1. The minimum Gasteiger partial charge on any atom is -0.508 e. The summed E-state index contributed by atoms with van der Waals surface area (Å²) in [6.07, 6.45) is -0.0667. The van der Waals surface area contributed by atoms with E-state index in [9.17, 15) is 73.2 Å². The number of rotatable bonds is 30. The lowest BCUT2D eigenvalue weighted by Crippen LogP contribution is -2.61. The molecule has 9 amide bonds. The van der Waals surface area contributed by atoms with Crippen LogP contribution in [0.2, 0.25) is 0 Å². The molecule has 2 fully saturated rings. The van der Waals surface area contributed by atoms with Gasteiger partial charge in [0, 0.05) is 31.0 Å². The number of aliphatic hydroxyl groups is 1. The molecule has 31 heteroatoms. The van der Waals surface area contributed by atoms with Crippen molar-refractivity contribution in [3.63, 3.8) is 0 Å². The number of carbonyl (C=O) groups excluding carboxylic acids is 9. The summed E-state index contributed by atoms with van der Waals surface area (Å²) in [5.74, 6) is -11.9. The van der Waals surface area contributed by atoms with Crippen molar-refractivity contribution >= 4 is 92.7 Å². The summed E-state index contributed by atoms with van der Waals surface area (Å²) in [4.78, 5) is 156. The summed E-state index contributed by atoms with van der Waals surface area (Å²) in [6, 6.07) is -0.0742. The van der Waals surface area contributed by atoms with Crippen LogP contribution < -0.4 is 65.5 Å². The number of fused-ring (bicyclic) bond motifs is 1. The second-order valence-electron chi connectivity index (χ2n) is 20.9. The fraction of sp³-hybridized carbons (Fsp3) is 0.556. The topological polar surface area (TPSA) is 485 Å². The van der Waals surface area contributed by atoms with Gasteiger partial charge in [-0.15, -0.1) is 0 Å². The molecule has 0 radical (unpaired) electrons. The van der Waals surface area contributed by atoms with E-state index in [0.717, 1.165) is 21.6 Å². The van der Waals surface area contributed by atoms with Gasteiger partial charge < -0.3 is 90.8 Å². The Kier molecular flexibility index (Phi) is 29.2. The molecule has 0 spiro atoms. The van der Waals surface area contributed by atoms with E-state index >= 15 is 0 Å².